The molecule has 31 heavy (non-hydrogen) atoms. The normalized spacial score (nSPS) is 19.2. The van der Waals surface area contributed by atoms with Gasteiger partial charge in [-0.1, -0.05) is 25.7 Å². The van der Waals surface area contributed by atoms with Crippen LogP contribution in [0.4, 0.5) is 17.8 Å². The zero-order valence-electron chi connectivity index (χ0n) is 19.4. The van der Waals surface area contributed by atoms with E-state index < -0.39 is 0 Å². The van der Waals surface area contributed by atoms with Crippen molar-refractivity contribution >= 4 is 30.3 Å². The fraction of sp³-hybridized carbons (Fsp3) is 0.850. The van der Waals surface area contributed by atoms with Gasteiger partial charge in [0, 0.05) is 37.9 Å². The van der Waals surface area contributed by atoms with Gasteiger partial charge in [-0.25, -0.2) is 0 Å². The van der Waals surface area contributed by atoms with Crippen LogP contribution in [0.25, 0.3) is 0 Å². The summed E-state index contributed by atoms with van der Waals surface area (Å²) >= 11 is 0. The van der Waals surface area contributed by atoms with Crippen molar-refractivity contribution in [2.75, 3.05) is 41.3 Å². The number of hydrogen-bond acceptors (Lipinski definition) is 10. The van der Waals surface area contributed by atoms with E-state index in [4.69, 9.17) is 15.0 Å². The largest absolute Gasteiger partial charge is 0.351 e. The molecule has 2 aliphatic heterocycles. The van der Waals surface area contributed by atoms with Gasteiger partial charge in [0.05, 0.1) is 0 Å². The van der Waals surface area contributed by atoms with Crippen LogP contribution in [0.5, 0.6) is 0 Å². The van der Waals surface area contributed by atoms with Crippen molar-refractivity contribution in [3.05, 3.63) is 0 Å². The molecule has 10 nitrogen and oxygen atoms in total. The number of halogens is 1. The summed E-state index contributed by atoms with van der Waals surface area (Å²) in [6, 6.07) is 0.517. The van der Waals surface area contributed by atoms with Crippen molar-refractivity contribution in [3.63, 3.8) is 0 Å². The second-order valence-corrected chi connectivity index (χ2v) is 8.19. The second-order valence-electron chi connectivity index (χ2n) is 8.19. The van der Waals surface area contributed by atoms with Crippen LogP contribution in [0.3, 0.4) is 0 Å². The molecule has 1 aromatic rings. The third kappa shape index (κ3) is 8.89. The smallest absolute Gasteiger partial charge is 0.231 e. The number of nitrogens with one attached hydrogen (secondary N) is 1. The molecule has 3 heterocycles. The third-order valence-corrected chi connectivity index (χ3v) is 6.08. The number of rotatable bonds is 4. The average molecular weight is 471 g/mol. The molecule has 0 aromatic carbocycles. The lowest BCUT2D eigenvalue weighted by Crippen LogP contribution is -2.35. The lowest BCUT2D eigenvalue weighted by molar-refractivity contribution is 0.555. The Labute approximate surface area is 200 Å². The fourth-order valence-electron chi connectivity index (χ4n) is 4.50. The molecule has 192 valence electrons. The van der Waals surface area contributed by atoms with Gasteiger partial charge in [0.25, 0.3) is 0 Å². The predicted molar refractivity (Wildman–Crippen MR) is 143 cm³/mol. The minimum atomic E-state index is 0. The van der Waals surface area contributed by atoms with Gasteiger partial charge in [-0.3, -0.25) is 0 Å². The van der Waals surface area contributed by atoms with Crippen LogP contribution in [-0.4, -0.2) is 47.2 Å². The molecule has 1 aromatic heterocycles. The Kier molecular flexibility index (Phi) is 16.6. The van der Waals surface area contributed by atoms with Gasteiger partial charge in [-0.15, -0.1) is 12.4 Å². The van der Waals surface area contributed by atoms with Gasteiger partial charge in [0.2, 0.25) is 17.8 Å². The molecule has 0 atom stereocenters. The fourth-order valence-corrected chi connectivity index (χ4v) is 4.50. The number of hydrogen-bond donors (Lipinski definition) is 5. The van der Waals surface area contributed by atoms with Gasteiger partial charge < -0.3 is 39.7 Å². The molecular weight excluding hydrogens is 416 g/mol. The molecule has 0 amide bonds. The van der Waals surface area contributed by atoms with Crippen LogP contribution in [0.1, 0.15) is 82.8 Å². The van der Waals surface area contributed by atoms with Crippen LogP contribution in [0.2, 0.25) is 0 Å². The monoisotopic (exact) mass is 470 g/mol. The van der Waals surface area contributed by atoms with Gasteiger partial charge >= 0.3 is 0 Å². The lowest BCUT2D eigenvalue weighted by Gasteiger charge is -2.30. The van der Waals surface area contributed by atoms with E-state index in [-0.39, 0.29) is 42.7 Å². The van der Waals surface area contributed by atoms with Crippen molar-refractivity contribution in [2.24, 2.45) is 0 Å². The van der Waals surface area contributed by atoms with Crippen LogP contribution >= 0.6 is 12.4 Å². The molecule has 0 radical (unpaired) electrons. The van der Waals surface area contributed by atoms with E-state index in [1.807, 2.05) is 0 Å². The van der Waals surface area contributed by atoms with Gasteiger partial charge in [-0.2, -0.15) is 15.0 Å². The van der Waals surface area contributed by atoms with Crippen LogP contribution < -0.4 is 39.7 Å². The summed E-state index contributed by atoms with van der Waals surface area (Å²) in [5.74, 6) is 2.57. The second kappa shape index (κ2) is 16.2. The Hall–Kier alpha value is -1.46. The molecule has 3 aliphatic rings. The van der Waals surface area contributed by atoms with Crippen molar-refractivity contribution in [3.8, 4) is 0 Å². The first-order valence-corrected chi connectivity index (χ1v) is 10.9. The maximum Gasteiger partial charge on any atom is 0.231 e. The highest BCUT2D eigenvalue weighted by Gasteiger charge is 2.21. The summed E-state index contributed by atoms with van der Waals surface area (Å²) in [6.45, 7) is 4.30. The van der Waals surface area contributed by atoms with E-state index in [0.29, 0.717) is 6.04 Å². The van der Waals surface area contributed by atoms with Crippen molar-refractivity contribution in [1.82, 2.24) is 39.6 Å². The number of piperidine rings is 2. The van der Waals surface area contributed by atoms with E-state index in [0.717, 1.165) is 44.0 Å². The third-order valence-electron chi connectivity index (χ3n) is 6.08. The molecule has 0 unspecified atom stereocenters. The summed E-state index contributed by atoms with van der Waals surface area (Å²) in [6.07, 6.45) is 15.5. The van der Waals surface area contributed by atoms with E-state index in [9.17, 15) is 0 Å². The first-order chi connectivity index (χ1) is 12.9. The molecule has 13 N–H and O–H groups in total. The van der Waals surface area contributed by atoms with E-state index in [1.165, 1.54) is 77.0 Å². The number of anilines is 3. The van der Waals surface area contributed by atoms with E-state index in [1.54, 1.807) is 0 Å². The summed E-state index contributed by atoms with van der Waals surface area (Å²) < 4.78 is 0. The summed E-state index contributed by atoms with van der Waals surface area (Å²) in [5.41, 5.74) is 0. The number of aromatic nitrogens is 3. The van der Waals surface area contributed by atoms with Crippen LogP contribution in [-0.2, 0) is 0 Å². The maximum atomic E-state index is 4.88. The maximum absolute atomic E-state index is 4.88. The summed E-state index contributed by atoms with van der Waals surface area (Å²) in [4.78, 5) is 19.3. The minimum absolute atomic E-state index is 0. The van der Waals surface area contributed by atoms with Crippen molar-refractivity contribution in [2.45, 2.75) is 83.1 Å². The standard InChI is InChI=1S/C20H34N6.ClH.4H3N.4H2/c1-2-6-12-17(11-5-1)21-18-22-19(25-13-7-3-8-14-25)24-20(23-18)26-15-9-4-10-16-26;;;;;;;;;/h17H,1-16H2,(H,21,22,23,24);1H;4*1H3;4*1H. The van der Waals surface area contributed by atoms with E-state index >= 15 is 0 Å². The highest BCUT2D eigenvalue weighted by atomic mass is 35.5. The number of nitrogens with zero attached hydrogens (tertiary/aromatic N) is 5. The van der Waals surface area contributed by atoms with Gasteiger partial charge in [0.1, 0.15) is 0 Å². The topological polar surface area (TPSA) is 197 Å². The molecule has 3 fully saturated rings. The zero-order chi connectivity index (χ0) is 17.6. The molecular formula is C20H55ClN10. The Morgan fingerprint density at radius 1 is 0.581 bits per heavy atom. The minimum Gasteiger partial charge on any atom is -0.351 e. The highest BCUT2D eigenvalue weighted by Crippen LogP contribution is 2.25. The van der Waals surface area contributed by atoms with Crippen molar-refractivity contribution in [1.29, 1.82) is 0 Å². The van der Waals surface area contributed by atoms with Crippen molar-refractivity contribution < 1.29 is 5.71 Å². The molecule has 0 spiro atoms. The van der Waals surface area contributed by atoms with Crippen LogP contribution in [0.15, 0.2) is 0 Å². The Bertz CT molecular complexity index is 553. The quantitative estimate of drug-likeness (QED) is 0.323. The van der Waals surface area contributed by atoms with Gasteiger partial charge in [0.15, 0.2) is 0 Å². The lowest BCUT2D eigenvalue weighted by atomic mass is 10.1. The van der Waals surface area contributed by atoms with Crippen LogP contribution in [0, 0.1) is 0 Å². The molecule has 0 bridgehead atoms. The highest BCUT2D eigenvalue weighted by molar-refractivity contribution is 5.85. The Morgan fingerprint density at radius 3 is 1.39 bits per heavy atom. The predicted octanol–water partition coefficient (Wildman–Crippen LogP) is 6.04. The van der Waals surface area contributed by atoms with E-state index in [2.05, 4.69) is 15.1 Å². The molecule has 1 aliphatic carbocycles. The first kappa shape index (κ1) is 31.7. The Balaban J connectivity index is -0.000000234. The summed E-state index contributed by atoms with van der Waals surface area (Å²) in [5, 5.41) is 3.66. The first-order valence-electron chi connectivity index (χ1n) is 10.9. The molecule has 2 saturated heterocycles. The SMILES string of the molecule is C1CCCC(Nc2nc(N3CCCCC3)nc(N3CCCCC3)n2)CC1.Cl.N.N.N.N.[HH].[HH].[HH].[HH]. The van der Waals surface area contributed by atoms with Gasteiger partial charge in [-0.05, 0) is 51.4 Å². The summed E-state index contributed by atoms with van der Waals surface area (Å²) in [7, 11) is 0. The molecule has 11 heteroatoms. The molecule has 4 rings (SSSR count). The molecule has 1 saturated carbocycles. The average Bonchev–Trinajstić information content (AvgIpc) is 2.98. The Morgan fingerprint density at radius 2 is 0.968 bits per heavy atom. The zero-order valence-corrected chi connectivity index (χ0v) is 20.2.